The highest BCUT2D eigenvalue weighted by molar-refractivity contribution is 14.0. The Morgan fingerprint density at radius 3 is 2.56 bits per heavy atom. The summed E-state index contributed by atoms with van der Waals surface area (Å²) in [5, 5.41) is 9.35. The summed E-state index contributed by atoms with van der Waals surface area (Å²) in [4.78, 5) is 18.9. The molecule has 3 rings (SSSR count). The third-order valence-corrected chi connectivity index (χ3v) is 5.53. The Morgan fingerprint density at radius 2 is 1.91 bits per heavy atom. The Morgan fingerprint density at radius 1 is 1.16 bits per heavy atom. The summed E-state index contributed by atoms with van der Waals surface area (Å²) in [6.45, 7) is 5.34. The van der Waals surface area contributed by atoms with E-state index >= 15 is 0 Å². The summed E-state index contributed by atoms with van der Waals surface area (Å²) in [5.74, 6) is 0.925. The molecule has 1 aromatic heterocycles. The van der Waals surface area contributed by atoms with Crippen molar-refractivity contribution in [2.75, 3.05) is 39.8 Å². The van der Waals surface area contributed by atoms with Crippen LogP contribution in [0.15, 0.2) is 46.0 Å². The number of aryl methyl sites for hydroxylation is 1. The summed E-state index contributed by atoms with van der Waals surface area (Å²) in [6, 6.07) is 8.56. The van der Waals surface area contributed by atoms with Gasteiger partial charge < -0.3 is 20.4 Å². The maximum atomic E-state index is 13.6. The van der Waals surface area contributed by atoms with Gasteiger partial charge in [0.25, 0.3) is 5.91 Å². The molecule has 7 nitrogen and oxygen atoms in total. The van der Waals surface area contributed by atoms with Crippen molar-refractivity contribution in [1.82, 2.24) is 20.9 Å². The average Bonchev–Trinajstić information content (AvgIpc) is 3.32. The van der Waals surface area contributed by atoms with Gasteiger partial charge >= 0.3 is 0 Å². The van der Waals surface area contributed by atoms with Gasteiger partial charge in [-0.3, -0.25) is 14.7 Å². The number of hydrogen-bond acceptors (Lipinski definition) is 4. The molecule has 0 saturated carbocycles. The van der Waals surface area contributed by atoms with E-state index in [1.165, 1.54) is 25.3 Å². The molecule has 3 N–H and O–H groups in total. The van der Waals surface area contributed by atoms with Crippen molar-refractivity contribution >= 4 is 35.8 Å². The molecule has 1 aliphatic heterocycles. The van der Waals surface area contributed by atoms with Crippen molar-refractivity contribution in [3.8, 4) is 0 Å². The van der Waals surface area contributed by atoms with Crippen LogP contribution in [0.3, 0.4) is 0 Å². The van der Waals surface area contributed by atoms with Crippen LogP contribution in [0.4, 0.5) is 4.39 Å². The number of halogens is 2. The molecule has 1 atom stereocenters. The number of guanidine groups is 1. The molecule has 1 aromatic carbocycles. The van der Waals surface area contributed by atoms with Gasteiger partial charge in [-0.2, -0.15) is 0 Å². The fourth-order valence-electron chi connectivity index (χ4n) is 3.73. The van der Waals surface area contributed by atoms with E-state index in [4.69, 9.17) is 4.42 Å². The van der Waals surface area contributed by atoms with E-state index in [1.807, 2.05) is 12.1 Å². The number of carbonyl (C=O) groups excluding carboxylic acids is 1. The highest BCUT2D eigenvalue weighted by atomic mass is 127. The van der Waals surface area contributed by atoms with E-state index in [-0.39, 0.29) is 41.7 Å². The number of hydrogen-bond donors (Lipinski definition) is 3. The van der Waals surface area contributed by atoms with Crippen molar-refractivity contribution in [3.63, 3.8) is 0 Å². The topological polar surface area (TPSA) is 81.9 Å². The Balaban J connectivity index is 0.00000363. The van der Waals surface area contributed by atoms with E-state index in [9.17, 15) is 9.18 Å². The van der Waals surface area contributed by atoms with E-state index in [2.05, 4.69) is 25.8 Å². The van der Waals surface area contributed by atoms with Crippen LogP contribution in [0, 0.1) is 12.7 Å². The Bertz CT molecular complexity index is 869. The highest BCUT2D eigenvalue weighted by Crippen LogP contribution is 2.24. The second-order valence-corrected chi connectivity index (χ2v) is 7.73. The minimum Gasteiger partial charge on any atom is -0.468 e. The zero-order valence-electron chi connectivity index (χ0n) is 18.7. The number of rotatable bonds is 8. The molecule has 0 aliphatic carbocycles. The molecule has 2 heterocycles. The molecule has 0 spiro atoms. The maximum Gasteiger partial charge on any atom is 0.251 e. The van der Waals surface area contributed by atoms with Crippen molar-refractivity contribution in [2.45, 2.75) is 32.2 Å². The lowest BCUT2D eigenvalue weighted by Gasteiger charge is -2.33. The van der Waals surface area contributed by atoms with Gasteiger partial charge in [-0.15, -0.1) is 24.0 Å². The van der Waals surface area contributed by atoms with Gasteiger partial charge in [-0.25, -0.2) is 4.39 Å². The lowest BCUT2D eigenvalue weighted by atomic mass is 10.1. The van der Waals surface area contributed by atoms with E-state index in [1.54, 1.807) is 32.4 Å². The van der Waals surface area contributed by atoms with Crippen LogP contribution in [0.1, 0.15) is 47.0 Å². The van der Waals surface area contributed by atoms with E-state index in [0.717, 1.165) is 18.8 Å². The number of carbonyl (C=O) groups is 1. The first-order valence-electron chi connectivity index (χ1n) is 10.8. The lowest BCUT2D eigenvalue weighted by molar-refractivity contribution is 0.0954. The van der Waals surface area contributed by atoms with Crippen molar-refractivity contribution in [1.29, 1.82) is 0 Å². The van der Waals surface area contributed by atoms with E-state index < -0.39 is 0 Å². The van der Waals surface area contributed by atoms with Gasteiger partial charge in [0.15, 0.2) is 5.96 Å². The van der Waals surface area contributed by atoms with Gasteiger partial charge in [0, 0.05) is 32.2 Å². The fourth-order valence-corrected chi connectivity index (χ4v) is 3.73. The molecular formula is C23H33FIN5O2. The van der Waals surface area contributed by atoms with Crippen molar-refractivity contribution in [3.05, 3.63) is 59.3 Å². The molecule has 1 fully saturated rings. The molecule has 1 amide bonds. The molecule has 1 saturated heterocycles. The molecule has 0 bridgehead atoms. The van der Waals surface area contributed by atoms with Crippen LogP contribution in [0.2, 0.25) is 0 Å². The number of benzene rings is 1. The van der Waals surface area contributed by atoms with Crippen LogP contribution >= 0.6 is 24.0 Å². The molecular weight excluding hydrogens is 524 g/mol. The van der Waals surface area contributed by atoms with Crippen LogP contribution in [0.5, 0.6) is 0 Å². The predicted molar refractivity (Wildman–Crippen MR) is 135 cm³/mol. The number of nitrogens with zero attached hydrogens (tertiary/aromatic N) is 2. The first kappa shape index (κ1) is 26.1. The van der Waals surface area contributed by atoms with Gasteiger partial charge in [-0.05, 0) is 62.7 Å². The SMILES string of the molecule is CN=C(NCCNC(=O)c1ccc(C)c(F)c1)NCC(c1ccco1)N1CCCCC1.I. The second-order valence-electron chi connectivity index (χ2n) is 7.73. The largest absolute Gasteiger partial charge is 0.468 e. The summed E-state index contributed by atoms with van der Waals surface area (Å²) < 4.78 is 19.3. The zero-order valence-corrected chi connectivity index (χ0v) is 21.0. The predicted octanol–water partition coefficient (Wildman–Crippen LogP) is 3.47. The Kier molecular flexibility index (Phi) is 10.9. The fraction of sp³-hybridized carbons (Fsp3) is 0.478. The van der Waals surface area contributed by atoms with Crippen LogP contribution in [0.25, 0.3) is 0 Å². The average molecular weight is 557 g/mol. The number of piperidine rings is 1. The Labute approximate surface area is 206 Å². The number of nitrogens with one attached hydrogen (secondary N) is 3. The molecule has 176 valence electrons. The van der Waals surface area contributed by atoms with E-state index in [0.29, 0.717) is 36.7 Å². The summed E-state index contributed by atoms with van der Waals surface area (Å²) in [7, 11) is 1.71. The second kappa shape index (κ2) is 13.4. The van der Waals surface area contributed by atoms with Crippen LogP contribution in [-0.2, 0) is 0 Å². The minimum atomic E-state index is -0.379. The maximum absolute atomic E-state index is 13.6. The van der Waals surface area contributed by atoms with Gasteiger partial charge in [0.1, 0.15) is 11.6 Å². The summed E-state index contributed by atoms with van der Waals surface area (Å²) >= 11 is 0. The number of aliphatic imine (C=N–C) groups is 1. The first-order chi connectivity index (χ1) is 15.1. The standard InChI is InChI=1S/C23H32FN5O2.HI/c1-17-8-9-18(15-19(17)24)22(30)26-10-11-27-23(25-2)28-16-20(21-7-6-14-31-21)29-12-4-3-5-13-29;/h6-9,14-15,20H,3-5,10-13,16H2,1-2H3,(H,26,30)(H2,25,27,28);1H. The quantitative estimate of drug-likeness (QED) is 0.201. The normalized spacial score (nSPS) is 15.5. The van der Waals surface area contributed by atoms with Gasteiger partial charge in [-0.1, -0.05) is 12.5 Å². The Hall–Kier alpha value is -2.14. The third-order valence-electron chi connectivity index (χ3n) is 5.53. The van der Waals surface area contributed by atoms with Crippen molar-refractivity contribution in [2.24, 2.45) is 4.99 Å². The summed E-state index contributed by atoms with van der Waals surface area (Å²) in [5.41, 5.74) is 0.832. The smallest absolute Gasteiger partial charge is 0.251 e. The monoisotopic (exact) mass is 557 g/mol. The van der Waals surface area contributed by atoms with Crippen molar-refractivity contribution < 1.29 is 13.6 Å². The number of furan rings is 1. The highest BCUT2D eigenvalue weighted by Gasteiger charge is 2.24. The molecule has 9 heteroatoms. The summed E-state index contributed by atoms with van der Waals surface area (Å²) in [6.07, 6.45) is 5.39. The molecule has 1 aliphatic rings. The third kappa shape index (κ3) is 7.47. The van der Waals surface area contributed by atoms with Gasteiger partial charge in [0.2, 0.25) is 0 Å². The number of likely N-dealkylation sites (tertiary alicyclic amines) is 1. The van der Waals surface area contributed by atoms with Gasteiger partial charge in [0.05, 0.1) is 12.3 Å². The molecule has 2 aromatic rings. The minimum absolute atomic E-state index is 0. The first-order valence-corrected chi connectivity index (χ1v) is 10.8. The molecule has 0 radical (unpaired) electrons. The number of amides is 1. The molecule has 1 unspecified atom stereocenters. The zero-order chi connectivity index (χ0) is 22.1. The molecule has 32 heavy (non-hydrogen) atoms. The van der Waals surface area contributed by atoms with Crippen LogP contribution in [-0.4, -0.2) is 56.5 Å². The van der Waals surface area contributed by atoms with Crippen LogP contribution < -0.4 is 16.0 Å². The lowest BCUT2D eigenvalue weighted by Crippen LogP contribution is -2.46.